The third-order valence-electron chi connectivity index (χ3n) is 4.13. The SMILES string of the molecule is Fc1cc(F)cc(-c2nc(N3CCNCC3)nc3ccccc23)c1. The van der Waals surface area contributed by atoms with Gasteiger partial charge in [-0.25, -0.2) is 18.7 Å². The molecule has 0 saturated carbocycles. The number of rotatable bonds is 2. The standard InChI is InChI=1S/C18H16F2N4/c19-13-9-12(10-14(20)11-13)17-15-3-1-2-4-16(15)22-18(23-17)24-7-5-21-6-8-24/h1-4,9-11,21H,5-8H2. The van der Waals surface area contributed by atoms with E-state index in [4.69, 9.17) is 0 Å². The molecule has 1 saturated heterocycles. The van der Waals surface area contributed by atoms with Crippen LogP contribution in [-0.2, 0) is 0 Å². The van der Waals surface area contributed by atoms with Crippen molar-refractivity contribution in [3.63, 3.8) is 0 Å². The van der Waals surface area contributed by atoms with Crippen molar-refractivity contribution in [1.82, 2.24) is 15.3 Å². The summed E-state index contributed by atoms with van der Waals surface area (Å²) in [7, 11) is 0. The summed E-state index contributed by atoms with van der Waals surface area (Å²) in [6, 6.07) is 11.0. The number of piperazine rings is 1. The predicted octanol–water partition coefficient (Wildman–Crippen LogP) is 2.98. The van der Waals surface area contributed by atoms with Gasteiger partial charge >= 0.3 is 0 Å². The highest BCUT2D eigenvalue weighted by atomic mass is 19.1. The van der Waals surface area contributed by atoms with E-state index in [-0.39, 0.29) is 0 Å². The van der Waals surface area contributed by atoms with Gasteiger partial charge in [-0.2, -0.15) is 0 Å². The molecule has 0 spiro atoms. The zero-order valence-electron chi connectivity index (χ0n) is 13.0. The molecule has 4 rings (SSSR count). The Bertz CT molecular complexity index is 871. The number of aromatic nitrogens is 2. The highest BCUT2D eigenvalue weighted by Gasteiger charge is 2.17. The Morgan fingerprint density at radius 2 is 1.62 bits per heavy atom. The van der Waals surface area contributed by atoms with Gasteiger partial charge in [0.15, 0.2) is 0 Å². The van der Waals surface area contributed by atoms with Crippen LogP contribution in [0.3, 0.4) is 0 Å². The Morgan fingerprint density at radius 1 is 0.917 bits per heavy atom. The predicted molar refractivity (Wildman–Crippen MR) is 90.0 cm³/mol. The summed E-state index contributed by atoms with van der Waals surface area (Å²) in [5.74, 6) is -0.636. The average molecular weight is 326 g/mol. The molecule has 0 bridgehead atoms. The van der Waals surface area contributed by atoms with Gasteiger partial charge in [0.05, 0.1) is 11.2 Å². The van der Waals surface area contributed by atoms with E-state index in [1.54, 1.807) is 0 Å². The Morgan fingerprint density at radius 3 is 2.38 bits per heavy atom. The van der Waals surface area contributed by atoms with Crippen LogP contribution in [0.1, 0.15) is 0 Å². The van der Waals surface area contributed by atoms with Crippen LogP contribution >= 0.6 is 0 Å². The lowest BCUT2D eigenvalue weighted by Crippen LogP contribution is -2.44. The number of hydrogen-bond donors (Lipinski definition) is 1. The minimum Gasteiger partial charge on any atom is -0.338 e. The highest BCUT2D eigenvalue weighted by Crippen LogP contribution is 2.29. The van der Waals surface area contributed by atoms with E-state index >= 15 is 0 Å². The molecule has 1 fully saturated rings. The summed E-state index contributed by atoms with van der Waals surface area (Å²) >= 11 is 0. The molecule has 122 valence electrons. The summed E-state index contributed by atoms with van der Waals surface area (Å²) in [6.45, 7) is 3.32. The molecule has 2 aromatic carbocycles. The first-order valence-electron chi connectivity index (χ1n) is 7.89. The number of anilines is 1. The first-order chi connectivity index (χ1) is 11.7. The largest absolute Gasteiger partial charge is 0.338 e. The minimum atomic E-state index is -0.614. The van der Waals surface area contributed by atoms with E-state index in [9.17, 15) is 8.78 Å². The van der Waals surface area contributed by atoms with E-state index in [2.05, 4.69) is 20.2 Å². The van der Waals surface area contributed by atoms with E-state index in [0.717, 1.165) is 43.1 Å². The fraction of sp³-hybridized carbons (Fsp3) is 0.222. The van der Waals surface area contributed by atoms with Crippen LogP contribution in [0.4, 0.5) is 14.7 Å². The first-order valence-corrected chi connectivity index (χ1v) is 7.89. The van der Waals surface area contributed by atoms with Gasteiger partial charge in [0.2, 0.25) is 5.95 Å². The number of fused-ring (bicyclic) bond motifs is 1. The number of nitrogens with zero attached hydrogens (tertiary/aromatic N) is 3. The lowest BCUT2D eigenvalue weighted by atomic mass is 10.1. The summed E-state index contributed by atoms with van der Waals surface area (Å²) in [5, 5.41) is 4.07. The topological polar surface area (TPSA) is 41.1 Å². The molecular weight excluding hydrogens is 310 g/mol. The maximum atomic E-state index is 13.7. The summed E-state index contributed by atoms with van der Waals surface area (Å²) < 4.78 is 27.3. The van der Waals surface area contributed by atoms with Gasteiger partial charge in [-0.3, -0.25) is 0 Å². The van der Waals surface area contributed by atoms with Crippen LogP contribution in [0.2, 0.25) is 0 Å². The van der Waals surface area contributed by atoms with Crippen LogP contribution in [0.15, 0.2) is 42.5 Å². The quantitative estimate of drug-likeness (QED) is 0.786. The van der Waals surface area contributed by atoms with Crippen LogP contribution in [-0.4, -0.2) is 36.1 Å². The second-order valence-corrected chi connectivity index (χ2v) is 5.78. The van der Waals surface area contributed by atoms with Crippen LogP contribution in [0.5, 0.6) is 0 Å². The van der Waals surface area contributed by atoms with Crippen molar-refractivity contribution in [3.05, 3.63) is 54.1 Å². The van der Waals surface area contributed by atoms with Gasteiger partial charge in [0, 0.05) is 43.2 Å². The number of hydrogen-bond acceptors (Lipinski definition) is 4. The van der Waals surface area contributed by atoms with Crippen molar-refractivity contribution in [1.29, 1.82) is 0 Å². The molecule has 0 radical (unpaired) electrons. The molecule has 6 heteroatoms. The van der Waals surface area contributed by atoms with E-state index < -0.39 is 11.6 Å². The number of para-hydroxylation sites is 1. The van der Waals surface area contributed by atoms with Crippen molar-refractivity contribution in [2.75, 3.05) is 31.1 Å². The van der Waals surface area contributed by atoms with Crippen molar-refractivity contribution >= 4 is 16.9 Å². The fourth-order valence-electron chi connectivity index (χ4n) is 2.98. The molecule has 24 heavy (non-hydrogen) atoms. The average Bonchev–Trinajstić information content (AvgIpc) is 2.60. The van der Waals surface area contributed by atoms with Crippen LogP contribution in [0.25, 0.3) is 22.2 Å². The van der Waals surface area contributed by atoms with E-state index in [1.165, 1.54) is 12.1 Å². The molecule has 3 aromatic rings. The second-order valence-electron chi connectivity index (χ2n) is 5.78. The van der Waals surface area contributed by atoms with Crippen molar-refractivity contribution < 1.29 is 8.78 Å². The molecular formula is C18H16F2N4. The zero-order chi connectivity index (χ0) is 16.5. The maximum Gasteiger partial charge on any atom is 0.226 e. The lowest BCUT2D eigenvalue weighted by molar-refractivity contribution is 0.580. The molecule has 0 unspecified atom stereocenters. The number of halogens is 2. The molecule has 0 atom stereocenters. The summed E-state index contributed by atoms with van der Waals surface area (Å²) in [4.78, 5) is 11.3. The molecule has 1 aliphatic heterocycles. The van der Waals surface area contributed by atoms with Crippen molar-refractivity contribution in [2.45, 2.75) is 0 Å². The van der Waals surface area contributed by atoms with Crippen molar-refractivity contribution in [3.8, 4) is 11.3 Å². The maximum absolute atomic E-state index is 13.7. The Balaban J connectivity index is 1.91. The third kappa shape index (κ3) is 2.80. The van der Waals surface area contributed by atoms with Gasteiger partial charge in [0.1, 0.15) is 11.6 Å². The number of benzene rings is 2. The van der Waals surface area contributed by atoms with Crippen LogP contribution < -0.4 is 10.2 Å². The first kappa shape index (κ1) is 15.0. The highest BCUT2D eigenvalue weighted by molar-refractivity contribution is 5.93. The van der Waals surface area contributed by atoms with Gasteiger partial charge in [-0.15, -0.1) is 0 Å². The van der Waals surface area contributed by atoms with Crippen LogP contribution in [0, 0.1) is 11.6 Å². The molecule has 1 aliphatic rings. The molecule has 1 N–H and O–H groups in total. The van der Waals surface area contributed by atoms with E-state index in [0.29, 0.717) is 17.2 Å². The Labute approximate surface area is 138 Å². The Hall–Kier alpha value is -2.60. The monoisotopic (exact) mass is 326 g/mol. The molecule has 0 aliphatic carbocycles. The lowest BCUT2D eigenvalue weighted by Gasteiger charge is -2.28. The third-order valence-corrected chi connectivity index (χ3v) is 4.13. The molecule has 0 amide bonds. The molecule has 2 heterocycles. The van der Waals surface area contributed by atoms with E-state index in [1.807, 2.05) is 24.3 Å². The van der Waals surface area contributed by atoms with Crippen molar-refractivity contribution in [2.24, 2.45) is 0 Å². The van der Waals surface area contributed by atoms with Gasteiger partial charge in [-0.1, -0.05) is 18.2 Å². The molecule has 1 aromatic heterocycles. The fourth-order valence-corrected chi connectivity index (χ4v) is 2.98. The zero-order valence-corrected chi connectivity index (χ0v) is 13.0. The van der Waals surface area contributed by atoms with Gasteiger partial charge in [-0.05, 0) is 18.2 Å². The minimum absolute atomic E-state index is 0.419. The summed E-state index contributed by atoms with van der Waals surface area (Å²) in [6.07, 6.45) is 0. The van der Waals surface area contributed by atoms with Gasteiger partial charge in [0.25, 0.3) is 0 Å². The smallest absolute Gasteiger partial charge is 0.226 e. The van der Waals surface area contributed by atoms with Gasteiger partial charge < -0.3 is 10.2 Å². The second kappa shape index (κ2) is 6.13. The number of nitrogens with one attached hydrogen (secondary N) is 1. The molecule has 4 nitrogen and oxygen atoms in total. The summed E-state index contributed by atoms with van der Waals surface area (Å²) in [5.41, 5.74) is 1.73. The normalized spacial score (nSPS) is 15.0. The Kier molecular flexibility index (Phi) is 3.82.